The van der Waals surface area contributed by atoms with Gasteiger partial charge in [0, 0.05) is 24.0 Å². The molecule has 3 rings (SSSR count). The van der Waals surface area contributed by atoms with Crippen LogP contribution in [-0.2, 0) is 4.79 Å². The molecule has 25 heavy (non-hydrogen) atoms. The van der Waals surface area contributed by atoms with E-state index in [1.54, 1.807) is 0 Å². The third-order valence-corrected chi connectivity index (χ3v) is 4.84. The van der Waals surface area contributed by atoms with Gasteiger partial charge in [-0.15, -0.1) is 10.2 Å². The molecule has 7 heteroatoms. The van der Waals surface area contributed by atoms with Crippen LogP contribution in [0.25, 0.3) is 22.1 Å². The number of amides is 1. The number of nitrogens with one attached hydrogen (secondary N) is 1. The molecule has 0 radical (unpaired) electrons. The molecular formula is C18H23N5OS. The van der Waals surface area contributed by atoms with Crippen LogP contribution in [0.4, 0.5) is 0 Å². The summed E-state index contributed by atoms with van der Waals surface area (Å²) in [5, 5.41) is 10.1. The first-order valence-corrected chi connectivity index (χ1v) is 9.64. The number of rotatable bonds is 7. The van der Waals surface area contributed by atoms with Crippen molar-refractivity contribution in [3.8, 4) is 0 Å². The summed E-state index contributed by atoms with van der Waals surface area (Å²) in [6, 6.07) is 6.15. The Morgan fingerprint density at radius 2 is 1.96 bits per heavy atom. The van der Waals surface area contributed by atoms with E-state index in [9.17, 15) is 4.79 Å². The molecule has 3 aromatic rings. The van der Waals surface area contributed by atoms with Gasteiger partial charge in [0.2, 0.25) is 11.1 Å². The van der Waals surface area contributed by atoms with Gasteiger partial charge in [0.1, 0.15) is 5.52 Å². The van der Waals surface area contributed by atoms with Crippen LogP contribution < -0.4 is 0 Å². The zero-order valence-electron chi connectivity index (χ0n) is 14.9. The predicted octanol–water partition coefficient (Wildman–Crippen LogP) is 3.56. The van der Waals surface area contributed by atoms with E-state index in [1.807, 2.05) is 17.9 Å². The van der Waals surface area contributed by atoms with Gasteiger partial charge < -0.3 is 9.88 Å². The lowest BCUT2D eigenvalue weighted by atomic mass is 10.2. The number of thioether (sulfide) groups is 1. The Hall–Kier alpha value is -2.15. The first-order valence-electron chi connectivity index (χ1n) is 8.65. The average molecular weight is 357 g/mol. The minimum absolute atomic E-state index is 0.129. The molecule has 0 saturated heterocycles. The van der Waals surface area contributed by atoms with Gasteiger partial charge in [-0.2, -0.15) is 0 Å². The maximum absolute atomic E-state index is 12.4. The topological polar surface area (TPSA) is 74.8 Å². The Balaban J connectivity index is 1.76. The summed E-state index contributed by atoms with van der Waals surface area (Å²) >= 11 is 1.34. The highest BCUT2D eigenvalue weighted by molar-refractivity contribution is 7.99. The fourth-order valence-corrected chi connectivity index (χ4v) is 3.54. The third kappa shape index (κ3) is 3.92. The van der Waals surface area contributed by atoms with Crippen molar-refractivity contribution in [1.29, 1.82) is 0 Å². The zero-order chi connectivity index (χ0) is 17.8. The molecule has 132 valence electrons. The van der Waals surface area contributed by atoms with Gasteiger partial charge in [-0.3, -0.25) is 4.79 Å². The SMILES string of the molecule is CCCN(CCC)C(=O)CSc1nnc2c(n1)[nH]c1ccc(C)cc12. The fourth-order valence-electron chi connectivity index (χ4n) is 2.85. The van der Waals surface area contributed by atoms with E-state index < -0.39 is 0 Å². The summed E-state index contributed by atoms with van der Waals surface area (Å²) in [5.41, 5.74) is 3.65. The molecule has 0 atom stereocenters. The molecule has 0 saturated carbocycles. The average Bonchev–Trinajstić information content (AvgIpc) is 2.96. The number of hydrogen-bond donors (Lipinski definition) is 1. The van der Waals surface area contributed by atoms with Crippen LogP contribution in [0.5, 0.6) is 0 Å². The Morgan fingerprint density at radius 3 is 2.68 bits per heavy atom. The summed E-state index contributed by atoms with van der Waals surface area (Å²) < 4.78 is 0. The number of carbonyl (C=O) groups excluding carboxylic acids is 1. The number of H-pyrrole nitrogens is 1. The van der Waals surface area contributed by atoms with Gasteiger partial charge in [-0.05, 0) is 31.9 Å². The normalized spacial score (nSPS) is 11.3. The molecule has 6 nitrogen and oxygen atoms in total. The molecule has 0 aliphatic heterocycles. The number of aromatic nitrogens is 4. The van der Waals surface area contributed by atoms with Crippen LogP contribution in [0, 0.1) is 6.92 Å². The lowest BCUT2D eigenvalue weighted by molar-refractivity contribution is -0.128. The first kappa shape index (κ1) is 17.7. The minimum atomic E-state index is 0.129. The largest absolute Gasteiger partial charge is 0.342 e. The number of carbonyl (C=O) groups is 1. The molecule has 1 N–H and O–H groups in total. The molecule has 2 aromatic heterocycles. The molecule has 0 unspecified atom stereocenters. The van der Waals surface area contributed by atoms with Crippen molar-refractivity contribution in [1.82, 2.24) is 25.1 Å². The van der Waals surface area contributed by atoms with Crippen LogP contribution in [0.2, 0.25) is 0 Å². The van der Waals surface area contributed by atoms with Crippen LogP contribution in [-0.4, -0.2) is 49.8 Å². The smallest absolute Gasteiger partial charge is 0.233 e. The number of benzene rings is 1. The maximum Gasteiger partial charge on any atom is 0.233 e. The summed E-state index contributed by atoms with van der Waals surface area (Å²) in [6.07, 6.45) is 1.93. The summed E-state index contributed by atoms with van der Waals surface area (Å²) in [5.74, 6) is 0.469. The van der Waals surface area contributed by atoms with E-state index in [-0.39, 0.29) is 5.91 Å². The standard InChI is InChI=1S/C18H23N5OS/c1-4-8-23(9-5-2)15(24)11-25-18-20-17-16(21-22-18)13-10-12(3)6-7-14(13)19-17/h6-7,10H,4-5,8-9,11H2,1-3H3,(H,19,20,22). The van der Waals surface area contributed by atoms with E-state index in [4.69, 9.17) is 0 Å². The highest BCUT2D eigenvalue weighted by atomic mass is 32.2. The number of fused-ring (bicyclic) bond motifs is 3. The van der Waals surface area contributed by atoms with Crippen molar-refractivity contribution in [2.75, 3.05) is 18.8 Å². The predicted molar refractivity (Wildman–Crippen MR) is 102 cm³/mol. The highest BCUT2D eigenvalue weighted by Crippen LogP contribution is 2.24. The fraction of sp³-hybridized carbons (Fsp3) is 0.444. The van der Waals surface area contributed by atoms with Crippen LogP contribution in [0.3, 0.4) is 0 Å². The second-order valence-electron chi connectivity index (χ2n) is 6.14. The summed E-state index contributed by atoms with van der Waals surface area (Å²) in [7, 11) is 0. The van der Waals surface area contributed by atoms with Gasteiger partial charge in [-0.1, -0.05) is 37.2 Å². The third-order valence-electron chi connectivity index (χ3n) is 4.02. The molecule has 1 amide bonds. The molecule has 0 spiro atoms. The van der Waals surface area contributed by atoms with Crippen molar-refractivity contribution >= 4 is 39.7 Å². The van der Waals surface area contributed by atoms with E-state index in [0.717, 1.165) is 42.4 Å². The lowest BCUT2D eigenvalue weighted by Gasteiger charge is -2.20. The summed E-state index contributed by atoms with van der Waals surface area (Å²) in [4.78, 5) is 22.1. The highest BCUT2D eigenvalue weighted by Gasteiger charge is 2.14. The van der Waals surface area contributed by atoms with Crippen molar-refractivity contribution in [3.05, 3.63) is 23.8 Å². The molecule has 0 fully saturated rings. The number of hydrogen-bond acceptors (Lipinski definition) is 5. The van der Waals surface area contributed by atoms with Crippen molar-refractivity contribution in [2.45, 2.75) is 38.8 Å². The second kappa shape index (κ2) is 7.82. The quantitative estimate of drug-likeness (QED) is 0.655. The molecule has 2 heterocycles. The van der Waals surface area contributed by atoms with Crippen LogP contribution in [0.1, 0.15) is 32.3 Å². The molecule has 1 aromatic carbocycles. The number of aryl methyl sites for hydroxylation is 1. The Bertz CT molecular complexity index is 886. The van der Waals surface area contributed by atoms with Gasteiger partial charge >= 0.3 is 0 Å². The maximum atomic E-state index is 12.4. The van der Waals surface area contributed by atoms with E-state index in [2.05, 4.69) is 46.1 Å². The van der Waals surface area contributed by atoms with Crippen molar-refractivity contribution in [2.24, 2.45) is 0 Å². The molecule has 0 aliphatic rings. The van der Waals surface area contributed by atoms with Crippen molar-refractivity contribution < 1.29 is 4.79 Å². The molecule has 0 aliphatic carbocycles. The zero-order valence-corrected chi connectivity index (χ0v) is 15.7. The summed E-state index contributed by atoms with van der Waals surface area (Å²) in [6.45, 7) is 7.82. The molecular weight excluding hydrogens is 334 g/mol. The Kier molecular flexibility index (Phi) is 5.53. The van der Waals surface area contributed by atoms with Gasteiger partial charge in [-0.25, -0.2) is 4.98 Å². The van der Waals surface area contributed by atoms with Gasteiger partial charge in [0.15, 0.2) is 5.65 Å². The van der Waals surface area contributed by atoms with Crippen molar-refractivity contribution in [3.63, 3.8) is 0 Å². The Labute approximate surface area is 151 Å². The van der Waals surface area contributed by atoms with E-state index in [0.29, 0.717) is 16.6 Å². The number of aromatic amines is 1. The first-order chi connectivity index (χ1) is 12.1. The van der Waals surface area contributed by atoms with Gasteiger partial charge in [0.05, 0.1) is 5.75 Å². The lowest BCUT2D eigenvalue weighted by Crippen LogP contribution is -2.33. The van der Waals surface area contributed by atoms with Gasteiger partial charge in [0.25, 0.3) is 0 Å². The van der Waals surface area contributed by atoms with Crippen LogP contribution >= 0.6 is 11.8 Å². The molecule has 0 bridgehead atoms. The van der Waals surface area contributed by atoms with Crippen LogP contribution in [0.15, 0.2) is 23.4 Å². The second-order valence-corrected chi connectivity index (χ2v) is 7.08. The minimum Gasteiger partial charge on any atom is -0.342 e. The monoisotopic (exact) mass is 357 g/mol. The Morgan fingerprint density at radius 1 is 1.20 bits per heavy atom. The number of nitrogens with zero attached hydrogens (tertiary/aromatic N) is 4. The van der Waals surface area contributed by atoms with E-state index >= 15 is 0 Å². The van der Waals surface area contributed by atoms with E-state index in [1.165, 1.54) is 17.3 Å².